The third kappa shape index (κ3) is 3.98. The van der Waals surface area contributed by atoms with Crippen molar-refractivity contribution in [3.63, 3.8) is 0 Å². The molecule has 0 saturated carbocycles. The fraction of sp³-hybridized carbons (Fsp3) is 0.348. The molecule has 2 N–H and O–H groups in total. The van der Waals surface area contributed by atoms with Crippen LogP contribution < -0.4 is 10.2 Å². The van der Waals surface area contributed by atoms with Gasteiger partial charge in [-0.2, -0.15) is 0 Å². The van der Waals surface area contributed by atoms with Crippen LogP contribution in [0.2, 0.25) is 0 Å². The molecule has 1 saturated heterocycles. The summed E-state index contributed by atoms with van der Waals surface area (Å²) in [6.45, 7) is 6.09. The monoisotopic (exact) mass is 376 g/mol. The summed E-state index contributed by atoms with van der Waals surface area (Å²) < 4.78 is 0. The molecule has 1 aromatic heterocycles. The van der Waals surface area contributed by atoms with Gasteiger partial charge in [-0.15, -0.1) is 0 Å². The second kappa shape index (κ2) is 8.38. The maximum absolute atomic E-state index is 12.5. The van der Waals surface area contributed by atoms with E-state index >= 15 is 0 Å². The number of rotatable bonds is 5. The number of aromatic amines is 1. The van der Waals surface area contributed by atoms with Crippen molar-refractivity contribution in [1.29, 1.82) is 0 Å². The number of aromatic nitrogens is 1. The summed E-state index contributed by atoms with van der Waals surface area (Å²) in [6, 6.07) is 17.1. The normalized spacial score (nSPS) is 14.5. The van der Waals surface area contributed by atoms with E-state index in [9.17, 15) is 4.79 Å². The van der Waals surface area contributed by atoms with Crippen LogP contribution in [0.5, 0.6) is 0 Å². The van der Waals surface area contributed by atoms with E-state index in [4.69, 9.17) is 0 Å². The highest BCUT2D eigenvalue weighted by atomic mass is 16.2. The molecule has 146 valence electrons. The Morgan fingerprint density at radius 2 is 1.79 bits per heavy atom. The predicted molar refractivity (Wildman–Crippen MR) is 115 cm³/mol. The lowest BCUT2D eigenvalue weighted by Gasteiger charge is -2.36. The Balaban J connectivity index is 1.25. The molecule has 1 aliphatic heterocycles. The summed E-state index contributed by atoms with van der Waals surface area (Å²) in [5, 5.41) is 4.32. The van der Waals surface area contributed by atoms with Gasteiger partial charge in [-0.05, 0) is 42.2 Å². The highest BCUT2D eigenvalue weighted by Crippen LogP contribution is 2.19. The van der Waals surface area contributed by atoms with Crippen LogP contribution in [-0.4, -0.2) is 48.6 Å². The van der Waals surface area contributed by atoms with Crippen molar-refractivity contribution in [2.75, 3.05) is 37.6 Å². The van der Waals surface area contributed by atoms with Crippen molar-refractivity contribution < 1.29 is 4.79 Å². The molecule has 5 nitrogen and oxygen atoms in total. The van der Waals surface area contributed by atoms with E-state index in [1.165, 1.54) is 22.2 Å². The van der Waals surface area contributed by atoms with Crippen LogP contribution in [0.25, 0.3) is 10.9 Å². The standard InChI is InChI=1S/C23H28N4O/c1-2-18-7-9-20(10-8-18)26-13-15-27(16-14-26)23(28)24-12-11-19-17-25-22-6-4-3-5-21(19)22/h3-10,17,25H,2,11-16H2,1H3,(H,24,28). The molecule has 2 aromatic carbocycles. The molecule has 0 radical (unpaired) electrons. The summed E-state index contributed by atoms with van der Waals surface area (Å²) in [6.07, 6.45) is 3.94. The molecule has 0 unspecified atom stereocenters. The molecule has 3 aromatic rings. The van der Waals surface area contributed by atoms with E-state index in [1.807, 2.05) is 23.2 Å². The number of fused-ring (bicyclic) bond motifs is 1. The molecule has 28 heavy (non-hydrogen) atoms. The first-order valence-corrected chi connectivity index (χ1v) is 10.2. The number of hydrogen-bond acceptors (Lipinski definition) is 2. The summed E-state index contributed by atoms with van der Waals surface area (Å²) in [5.74, 6) is 0. The predicted octanol–water partition coefficient (Wildman–Crippen LogP) is 3.80. The minimum absolute atomic E-state index is 0.0424. The number of anilines is 1. The van der Waals surface area contributed by atoms with Crippen LogP contribution in [0, 0.1) is 0 Å². The third-order valence-electron chi connectivity index (χ3n) is 5.62. The number of benzene rings is 2. The maximum Gasteiger partial charge on any atom is 0.317 e. The van der Waals surface area contributed by atoms with Crippen LogP contribution in [0.3, 0.4) is 0 Å². The van der Waals surface area contributed by atoms with Crippen molar-refractivity contribution in [1.82, 2.24) is 15.2 Å². The SMILES string of the molecule is CCc1ccc(N2CCN(C(=O)NCCc3c[nH]c4ccccc34)CC2)cc1. The van der Waals surface area contributed by atoms with Crippen LogP contribution in [0.15, 0.2) is 54.7 Å². The van der Waals surface area contributed by atoms with Gasteiger partial charge in [-0.1, -0.05) is 37.3 Å². The molecule has 2 heterocycles. The van der Waals surface area contributed by atoms with E-state index in [-0.39, 0.29) is 6.03 Å². The Morgan fingerprint density at radius 3 is 2.54 bits per heavy atom. The maximum atomic E-state index is 12.5. The van der Waals surface area contributed by atoms with Crippen molar-refractivity contribution >= 4 is 22.6 Å². The Labute approximate surface area is 166 Å². The average molecular weight is 377 g/mol. The van der Waals surface area contributed by atoms with Crippen molar-refractivity contribution in [2.24, 2.45) is 0 Å². The lowest BCUT2D eigenvalue weighted by atomic mass is 10.1. The molecule has 2 amide bonds. The minimum atomic E-state index is 0.0424. The van der Waals surface area contributed by atoms with Gasteiger partial charge in [0.05, 0.1) is 0 Å². The van der Waals surface area contributed by atoms with Crippen LogP contribution in [-0.2, 0) is 12.8 Å². The zero-order chi connectivity index (χ0) is 19.3. The lowest BCUT2D eigenvalue weighted by molar-refractivity contribution is 0.194. The molecule has 4 rings (SSSR count). The molecular weight excluding hydrogens is 348 g/mol. The van der Waals surface area contributed by atoms with Gasteiger partial charge in [-0.3, -0.25) is 0 Å². The number of carbonyl (C=O) groups excluding carboxylic acids is 1. The molecule has 1 aliphatic rings. The zero-order valence-corrected chi connectivity index (χ0v) is 16.4. The fourth-order valence-corrected chi connectivity index (χ4v) is 3.86. The number of carbonyl (C=O) groups is 1. The van der Waals surface area contributed by atoms with Gasteiger partial charge in [0, 0.05) is 55.5 Å². The van der Waals surface area contributed by atoms with E-state index in [0.717, 1.165) is 44.5 Å². The minimum Gasteiger partial charge on any atom is -0.368 e. The number of urea groups is 1. The first-order valence-electron chi connectivity index (χ1n) is 10.2. The summed E-state index contributed by atoms with van der Waals surface area (Å²) >= 11 is 0. The molecular formula is C23H28N4O. The summed E-state index contributed by atoms with van der Waals surface area (Å²) in [4.78, 5) is 20.1. The van der Waals surface area contributed by atoms with Crippen LogP contribution in [0.1, 0.15) is 18.1 Å². The van der Waals surface area contributed by atoms with Gasteiger partial charge in [0.1, 0.15) is 0 Å². The fourth-order valence-electron chi connectivity index (χ4n) is 3.86. The van der Waals surface area contributed by atoms with E-state index < -0.39 is 0 Å². The molecule has 0 spiro atoms. The number of piperazine rings is 1. The van der Waals surface area contributed by atoms with Gasteiger partial charge in [0.2, 0.25) is 0 Å². The van der Waals surface area contributed by atoms with Gasteiger partial charge in [-0.25, -0.2) is 4.79 Å². The molecule has 1 fully saturated rings. The molecule has 0 bridgehead atoms. The van der Waals surface area contributed by atoms with Crippen LogP contribution in [0.4, 0.5) is 10.5 Å². The van der Waals surface area contributed by atoms with Crippen molar-refractivity contribution in [3.05, 3.63) is 65.9 Å². The number of amides is 2. The highest BCUT2D eigenvalue weighted by Gasteiger charge is 2.21. The Bertz CT molecular complexity index is 923. The number of nitrogens with zero attached hydrogens (tertiary/aromatic N) is 2. The summed E-state index contributed by atoms with van der Waals surface area (Å²) in [5.41, 5.74) is 5.00. The quantitative estimate of drug-likeness (QED) is 0.712. The van der Waals surface area contributed by atoms with E-state index in [2.05, 4.69) is 58.5 Å². The summed E-state index contributed by atoms with van der Waals surface area (Å²) in [7, 11) is 0. The van der Waals surface area contributed by atoms with Gasteiger partial charge >= 0.3 is 6.03 Å². The van der Waals surface area contributed by atoms with Gasteiger partial charge < -0.3 is 20.1 Å². The number of H-pyrrole nitrogens is 1. The Hall–Kier alpha value is -2.95. The molecule has 5 heteroatoms. The highest BCUT2D eigenvalue weighted by molar-refractivity contribution is 5.83. The zero-order valence-electron chi connectivity index (χ0n) is 16.4. The first kappa shape index (κ1) is 18.4. The topological polar surface area (TPSA) is 51.4 Å². The Morgan fingerprint density at radius 1 is 1.04 bits per heavy atom. The number of para-hydroxylation sites is 1. The third-order valence-corrected chi connectivity index (χ3v) is 5.62. The van der Waals surface area contributed by atoms with Gasteiger partial charge in [0.25, 0.3) is 0 Å². The first-order chi connectivity index (χ1) is 13.7. The van der Waals surface area contributed by atoms with E-state index in [1.54, 1.807) is 0 Å². The van der Waals surface area contributed by atoms with Crippen LogP contribution >= 0.6 is 0 Å². The smallest absolute Gasteiger partial charge is 0.317 e. The number of hydrogen-bond donors (Lipinski definition) is 2. The average Bonchev–Trinajstić information content (AvgIpc) is 3.17. The molecule has 0 aliphatic carbocycles. The van der Waals surface area contributed by atoms with Crippen molar-refractivity contribution in [2.45, 2.75) is 19.8 Å². The van der Waals surface area contributed by atoms with Crippen molar-refractivity contribution in [3.8, 4) is 0 Å². The number of aryl methyl sites for hydroxylation is 1. The second-order valence-corrected chi connectivity index (χ2v) is 7.34. The Kier molecular flexibility index (Phi) is 5.51. The van der Waals surface area contributed by atoms with E-state index in [0.29, 0.717) is 6.54 Å². The van der Waals surface area contributed by atoms with Gasteiger partial charge in [0.15, 0.2) is 0 Å². The molecule has 0 atom stereocenters. The second-order valence-electron chi connectivity index (χ2n) is 7.34. The lowest BCUT2D eigenvalue weighted by Crippen LogP contribution is -2.52. The number of nitrogens with one attached hydrogen (secondary N) is 2. The largest absolute Gasteiger partial charge is 0.368 e.